The van der Waals surface area contributed by atoms with Gasteiger partial charge >= 0.3 is 0 Å². The maximum atomic E-state index is 12.7. The van der Waals surface area contributed by atoms with E-state index in [1.165, 1.54) is 16.4 Å². The van der Waals surface area contributed by atoms with E-state index in [-0.39, 0.29) is 11.4 Å². The van der Waals surface area contributed by atoms with Crippen molar-refractivity contribution in [2.75, 3.05) is 32.8 Å². The molecule has 1 saturated heterocycles. The van der Waals surface area contributed by atoms with Crippen LogP contribution < -0.4 is 14.8 Å². The summed E-state index contributed by atoms with van der Waals surface area (Å²) in [5.74, 6) is 0.961. The number of hydrogen-bond acceptors (Lipinski definition) is 6. The van der Waals surface area contributed by atoms with Crippen LogP contribution in [-0.4, -0.2) is 51.6 Å². The van der Waals surface area contributed by atoms with Crippen LogP contribution in [0.3, 0.4) is 0 Å². The molecule has 7 nitrogen and oxygen atoms in total. The maximum absolute atomic E-state index is 12.7. The summed E-state index contributed by atoms with van der Waals surface area (Å²) < 4.78 is 37.4. The minimum absolute atomic E-state index is 0.119. The molecule has 1 unspecified atom stereocenters. The molecule has 0 radical (unpaired) electrons. The van der Waals surface area contributed by atoms with Gasteiger partial charge in [0.25, 0.3) is 0 Å². The fourth-order valence-corrected chi connectivity index (χ4v) is 3.96. The van der Waals surface area contributed by atoms with E-state index < -0.39 is 16.1 Å². The Hall–Kier alpha value is -1.82. The number of benzene rings is 1. The van der Waals surface area contributed by atoms with Crippen LogP contribution in [0.5, 0.6) is 11.5 Å². The second kappa shape index (κ2) is 5.52. The van der Waals surface area contributed by atoms with Crippen molar-refractivity contribution in [3.8, 4) is 17.6 Å². The van der Waals surface area contributed by atoms with Crippen LogP contribution in [0.1, 0.15) is 0 Å². The van der Waals surface area contributed by atoms with E-state index in [1.54, 1.807) is 6.07 Å². The quantitative estimate of drug-likeness (QED) is 0.823. The first-order valence-corrected chi connectivity index (χ1v) is 8.09. The first-order valence-electron chi connectivity index (χ1n) is 6.65. The van der Waals surface area contributed by atoms with Gasteiger partial charge in [0.15, 0.2) is 11.5 Å². The lowest BCUT2D eigenvalue weighted by Crippen LogP contribution is -2.52. The summed E-state index contributed by atoms with van der Waals surface area (Å²) >= 11 is 0. The van der Waals surface area contributed by atoms with Crippen LogP contribution >= 0.6 is 0 Å². The lowest BCUT2D eigenvalue weighted by Gasteiger charge is -2.31. The third kappa shape index (κ3) is 2.55. The van der Waals surface area contributed by atoms with Crippen LogP contribution in [0, 0.1) is 11.3 Å². The zero-order chi connectivity index (χ0) is 14.9. The maximum Gasteiger partial charge on any atom is 0.244 e. The monoisotopic (exact) mass is 309 g/mol. The topological polar surface area (TPSA) is 91.7 Å². The molecule has 1 atom stereocenters. The number of nitrogens with one attached hydrogen (secondary N) is 1. The molecule has 112 valence electrons. The highest BCUT2D eigenvalue weighted by atomic mass is 32.2. The van der Waals surface area contributed by atoms with Crippen molar-refractivity contribution in [2.24, 2.45) is 0 Å². The summed E-state index contributed by atoms with van der Waals surface area (Å²) in [6.07, 6.45) is 0. The highest BCUT2D eigenvalue weighted by Crippen LogP contribution is 2.33. The minimum atomic E-state index is -3.72. The van der Waals surface area contributed by atoms with Crippen molar-refractivity contribution >= 4 is 10.0 Å². The summed E-state index contributed by atoms with van der Waals surface area (Å²) in [5, 5.41) is 12.1. The van der Waals surface area contributed by atoms with Gasteiger partial charge in [-0.1, -0.05) is 0 Å². The van der Waals surface area contributed by atoms with Gasteiger partial charge in [0.2, 0.25) is 10.0 Å². The predicted molar refractivity (Wildman–Crippen MR) is 73.6 cm³/mol. The average Bonchev–Trinajstić information content (AvgIpc) is 2.54. The Morgan fingerprint density at radius 2 is 2.05 bits per heavy atom. The molecule has 1 N–H and O–H groups in total. The first kappa shape index (κ1) is 14.1. The molecule has 8 heteroatoms. The molecule has 0 amide bonds. The van der Waals surface area contributed by atoms with Crippen molar-refractivity contribution in [3.05, 3.63) is 18.2 Å². The Bertz CT molecular complexity index is 683. The predicted octanol–water partition coefficient (Wildman–Crippen LogP) is -0.0561. The number of nitriles is 1. The molecular weight excluding hydrogens is 294 g/mol. The summed E-state index contributed by atoms with van der Waals surface area (Å²) in [6, 6.07) is 5.86. The summed E-state index contributed by atoms with van der Waals surface area (Å²) in [4.78, 5) is 0.119. The highest BCUT2D eigenvalue weighted by Gasteiger charge is 2.34. The fraction of sp³-hybridized carbons (Fsp3) is 0.462. The van der Waals surface area contributed by atoms with E-state index in [0.29, 0.717) is 37.8 Å². The molecule has 0 aromatic heterocycles. The average molecular weight is 309 g/mol. The normalized spacial score (nSPS) is 22.5. The standard InChI is InChI=1S/C13H15N3O4S/c14-8-10-9-15-3-4-16(10)21(17,18)11-1-2-12-13(7-11)20-6-5-19-12/h1-2,7,10,15H,3-6,9H2. The van der Waals surface area contributed by atoms with Gasteiger partial charge in [-0.2, -0.15) is 9.57 Å². The molecule has 2 heterocycles. The number of piperazine rings is 1. The van der Waals surface area contributed by atoms with Gasteiger partial charge in [0.05, 0.1) is 11.0 Å². The number of sulfonamides is 1. The largest absolute Gasteiger partial charge is 0.486 e. The van der Waals surface area contributed by atoms with Crippen molar-refractivity contribution in [2.45, 2.75) is 10.9 Å². The zero-order valence-electron chi connectivity index (χ0n) is 11.3. The fourth-order valence-electron chi connectivity index (χ4n) is 2.40. The molecule has 0 spiro atoms. The molecule has 0 bridgehead atoms. The summed E-state index contributed by atoms with van der Waals surface area (Å²) in [5.41, 5.74) is 0. The molecule has 1 aromatic rings. The third-order valence-electron chi connectivity index (χ3n) is 3.46. The Kier molecular flexibility index (Phi) is 3.71. The Morgan fingerprint density at radius 1 is 1.29 bits per heavy atom. The number of fused-ring (bicyclic) bond motifs is 1. The van der Waals surface area contributed by atoms with Gasteiger partial charge in [-0.3, -0.25) is 0 Å². The van der Waals surface area contributed by atoms with Crippen LogP contribution in [0.25, 0.3) is 0 Å². The molecule has 21 heavy (non-hydrogen) atoms. The molecule has 3 rings (SSSR count). The van der Waals surface area contributed by atoms with Crippen LogP contribution in [0.15, 0.2) is 23.1 Å². The van der Waals surface area contributed by atoms with E-state index in [9.17, 15) is 8.42 Å². The first-order chi connectivity index (χ1) is 10.1. The highest BCUT2D eigenvalue weighted by molar-refractivity contribution is 7.89. The van der Waals surface area contributed by atoms with Gasteiger partial charge in [0.1, 0.15) is 19.3 Å². The smallest absolute Gasteiger partial charge is 0.244 e. The number of hydrogen-bond donors (Lipinski definition) is 1. The molecule has 2 aliphatic heterocycles. The second-order valence-electron chi connectivity index (χ2n) is 4.77. The van der Waals surface area contributed by atoms with Gasteiger partial charge in [-0.15, -0.1) is 0 Å². The van der Waals surface area contributed by atoms with Crippen molar-refractivity contribution in [1.82, 2.24) is 9.62 Å². The lowest BCUT2D eigenvalue weighted by molar-refractivity contribution is 0.171. The minimum Gasteiger partial charge on any atom is -0.486 e. The van der Waals surface area contributed by atoms with Crippen LogP contribution in [0.2, 0.25) is 0 Å². The van der Waals surface area contributed by atoms with E-state index in [0.717, 1.165) is 0 Å². The Balaban J connectivity index is 1.96. The van der Waals surface area contributed by atoms with Gasteiger partial charge in [0, 0.05) is 25.7 Å². The van der Waals surface area contributed by atoms with Gasteiger partial charge < -0.3 is 14.8 Å². The van der Waals surface area contributed by atoms with Gasteiger partial charge in [-0.05, 0) is 12.1 Å². The lowest BCUT2D eigenvalue weighted by atomic mass is 10.3. The van der Waals surface area contributed by atoms with Crippen molar-refractivity contribution in [1.29, 1.82) is 5.26 Å². The van der Waals surface area contributed by atoms with Crippen LogP contribution in [-0.2, 0) is 10.0 Å². The van der Waals surface area contributed by atoms with Crippen molar-refractivity contribution < 1.29 is 17.9 Å². The molecule has 1 aromatic carbocycles. The van der Waals surface area contributed by atoms with Crippen LogP contribution in [0.4, 0.5) is 0 Å². The molecule has 0 aliphatic carbocycles. The summed E-state index contributed by atoms with van der Waals surface area (Å²) in [7, 11) is -3.72. The second-order valence-corrected chi connectivity index (χ2v) is 6.66. The third-order valence-corrected chi connectivity index (χ3v) is 5.37. The molecule has 0 saturated carbocycles. The number of ether oxygens (including phenoxy) is 2. The molecular formula is C13H15N3O4S. The summed E-state index contributed by atoms with van der Waals surface area (Å²) in [6.45, 7) is 1.98. The Labute approximate surface area is 123 Å². The van der Waals surface area contributed by atoms with E-state index in [2.05, 4.69) is 5.32 Å². The van der Waals surface area contributed by atoms with Crippen molar-refractivity contribution in [3.63, 3.8) is 0 Å². The molecule has 1 fully saturated rings. The van der Waals surface area contributed by atoms with Gasteiger partial charge in [-0.25, -0.2) is 8.42 Å². The number of rotatable bonds is 2. The SMILES string of the molecule is N#CC1CNCCN1S(=O)(=O)c1ccc2c(c1)OCCO2. The Morgan fingerprint density at radius 3 is 2.81 bits per heavy atom. The van der Waals surface area contributed by atoms with E-state index >= 15 is 0 Å². The number of nitrogens with zero attached hydrogens (tertiary/aromatic N) is 2. The zero-order valence-corrected chi connectivity index (χ0v) is 12.1. The molecule has 2 aliphatic rings. The van der Waals surface area contributed by atoms with E-state index in [1.807, 2.05) is 6.07 Å². The van der Waals surface area contributed by atoms with E-state index in [4.69, 9.17) is 14.7 Å².